The van der Waals surface area contributed by atoms with Crippen molar-refractivity contribution in [1.82, 2.24) is 9.88 Å². The fourth-order valence-electron chi connectivity index (χ4n) is 3.74. The lowest BCUT2D eigenvalue weighted by molar-refractivity contribution is 0.539. The van der Waals surface area contributed by atoms with Gasteiger partial charge in [0.05, 0.1) is 11.3 Å². The topological polar surface area (TPSA) is 34.0 Å². The third-order valence-corrected chi connectivity index (χ3v) is 4.86. The van der Waals surface area contributed by atoms with Crippen LogP contribution in [-0.4, -0.2) is 10.6 Å². The van der Waals surface area contributed by atoms with Crippen LogP contribution in [0.3, 0.4) is 0 Å². The molecule has 1 fully saturated rings. The lowest BCUT2D eigenvalue weighted by Gasteiger charge is -2.32. The van der Waals surface area contributed by atoms with E-state index in [0.717, 1.165) is 24.1 Å². The first kappa shape index (κ1) is 15.9. The molecule has 1 aliphatic carbocycles. The van der Waals surface area contributed by atoms with Crippen LogP contribution >= 0.6 is 12.4 Å². The third-order valence-electron chi connectivity index (χ3n) is 4.86. The fraction of sp³-hybridized carbons (Fsp3) is 0.316. The molecule has 1 saturated carbocycles. The molecule has 0 saturated heterocycles. The summed E-state index contributed by atoms with van der Waals surface area (Å²) in [7, 11) is 1.80. The number of hydrogen-bond donors (Lipinski definition) is 1. The van der Waals surface area contributed by atoms with E-state index in [9.17, 15) is 4.79 Å². The number of aromatic nitrogens is 1. The highest BCUT2D eigenvalue weighted by Gasteiger charge is 2.25. The highest BCUT2D eigenvalue weighted by atomic mass is 35.5. The van der Waals surface area contributed by atoms with Crippen LogP contribution in [-0.2, 0) is 7.05 Å². The van der Waals surface area contributed by atoms with Crippen LogP contribution in [0.4, 0.5) is 0 Å². The molecule has 1 aliphatic heterocycles. The van der Waals surface area contributed by atoms with Crippen molar-refractivity contribution >= 4 is 23.7 Å². The van der Waals surface area contributed by atoms with Crippen LogP contribution in [0.1, 0.15) is 31.2 Å². The minimum absolute atomic E-state index is 0. The quantitative estimate of drug-likeness (QED) is 0.864. The molecule has 1 aromatic heterocycles. The minimum atomic E-state index is 0. The minimum Gasteiger partial charge on any atom is -0.377 e. The molecule has 2 aromatic rings. The van der Waals surface area contributed by atoms with Crippen molar-refractivity contribution in [3.05, 3.63) is 68.9 Å². The number of hydrogen-bond acceptors (Lipinski definition) is 2. The van der Waals surface area contributed by atoms with Crippen LogP contribution in [0.5, 0.6) is 0 Å². The number of fused-ring (bicyclic) bond motifs is 2. The van der Waals surface area contributed by atoms with E-state index in [1.807, 2.05) is 12.1 Å². The average molecular weight is 329 g/mol. The zero-order chi connectivity index (χ0) is 15.1. The molecule has 23 heavy (non-hydrogen) atoms. The van der Waals surface area contributed by atoms with Crippen LogP contribution in [0.2, 0.25) is 0 Å². The summed E-state index contributed by atoms with van der Waals surface area (Å²) >= 11 is 0. The van der Waals surface area contributed by atoms with Crippen molar-refractivity contribution in [1.29, 1.82) is 0 Å². The Balaban J connectivity index is 0.00000156. The Bertz CT molecular complexity index is 913. The maximum Gasteiger partial charge on any atom is 0.259 e. The standard InChI is InChI=1S/C19H20N2O.ClH/c1-21-12-6-10-16(19(21)22)18-15-9-3-2-7-13(15)14-8-4-5-11-17(14)20-18;/h2-3,6-7,9-10,12,17,20H,4-5,8,11H2,1H3;1H. The van der Waals surface area contributed by atoms with Gasteiger partial charge in [0.2, 0.25) is 0 Å². The summed E-state index contributed by atoms with van der Waals surface area (Å²) < 4.78 is 1.65. The van der Waals surface area contributed by atoms with Gasteiger partial charge >= 0.3 is 0 Å². The van der Waals surface area contributed by atoms with Crippen molar-refractivity contribution in [2.75, 3.05) is 0 Å². The van der Waals surface area contributed by atoms with Gasteiger partial charge in [0.25, 0.3) is 5.56 Å². The highest BCUT2D eigenvalue weighted by Crippen LogP contribution is 2.26. The smallest absolute Gasteiger partial charge is 0.259 e. The second-order valence-corrected chi connectivity index (χ2v) is 6.23. The van der Waals surface area contributed by atoms with Crippen molar-refractivity contribution in [3.63, 3.8) is 0 Å². The summed E-state index contributed by atoms with van der Waals surface area (Å²) in [5, 5.41) is 6.15. The first-order chi connectivity index (χ1) is 10.8. The van der Waals surface area contributed by atoms with Crippen molar-refractivity contribution in [2.45, 2.75) is 31.7 Å². The van der Waals surface area contributed by atoms with E-state index >= 15 is 0 Å². The maximum atomic E-state index is 12.5. The number of rotatable bonds is 1. The lowest BCUT2D eigenvalue weighted by atomic mass is 9.85. The number of aryl methyl sites for hydroxylation is 1. The molecule has 4 heteroatoms. The van der Waals surface area contributed by atoms with Crippen molar-refractivity contribution in [2.24, 2.45) is 7.05 Å². The van der Waals surface area contributed by atoms with Crippen molar-refractivity contribution in [3.8, 4) is 0 Å². The Hall–Kier alpha value is -2.00. The van der Waals surface area contributed by atoms with E-state index in [2.05, 4.69) is 29.6 Å². The third kappa shape index (κ3) is 2.59. The zero-order valence-electron chi connectivity index (χ0n) is 13.2. The van der Waals surface area contributed by atoms with Gasteiger partial charge in [-0.1, -0.05) is 30.7 Å². The molecule has 3 nitrogen and oxygen atoms in total. The molecule has 1 atom stereocenters. The molecule has 1 N–H and O–H groups in total. The van der Waals surface area contributed by atoms with Gasteiger partial charge in [0.15, 0.2) is 0 Å². The van der Waals surface area contributed by atoms with Crippen LogP contribution in [0, 0.1) is 0 Å². The first-order valence-electron chi connectivity index (χ1n) is 8.00. The molecule has 4 rings (SSSR count). The van der Waals surface area contributed by atoms with Gasteiger partial charge in [-0.25, -0.2) is 0 Å². The van der Waals surface area contributed by atoms with E-state index in [4.69, 9.17) is 0 Å². The Labute approximate surface area is 141 Å². The summed E-state index contributed by atoms with van der Waals surface area (Å²) in [6, 6.07) is 12.7. The summed E-state index contributed by atoms with van der Waals surface area (Å²) in [5.74, 6) is 0. The zero-order valence-corrected chi connectivity index (χ0v) is 14.0. The lowest BCUT2D eigenvalue weighted by Crippen LogP contribution is -2.48. The normalized spacial score (nSPS) is 19.3. The van der Waals surface area contributed by atoms with Gasteiger partial charge < -0.3 is 9.88 Å². The summed E-state index contributed by atoms with van der Waals surface area (Å²) in [4.78, 5) is 12.5. The maximum absolute atomic E-state index is 12.5. The largest absolute Gasteiger partial charge is 0.377 e. The Morgan fingerprint density at radius 1 is 1.09 bits per heavy atom. The second kappa shape index (κ2) is 6.25. The van der Waals surface area contributed by atoms with Crippen LogP contribution in [0.15, 0.2) is 47.4 Å². The van der Waals surface area contributed by atoms with Crippen molar-refractivity contribution < 1.29 is 0 Å². The molecule has 0 spiro atoms. The van der Waals surface area contributed by atoms with Gasteiger partial charge in [-0.05, 0) is 42.2 Å². The molecule has 2 aliphatic rings. The molecular formula is C19H21ClN2O. The molecule has 1 aromatic carbocycles. The van der Waals surface area contributed by atoms with E-state index in [0.29, 0.717) is 6.04 Å². The molecule has 120 valence electrons. The molecule has 0 bridgehead atoms. The second-order valence-electron chi connectivity index (χ2n) is 6.23. The average Bonchev–Trinajstić information content (AvgIpc) is 2.57. The first-order valence-corrected chi connectivity index (χ1v) is 8.00. The van der Waals surface area contributed by atoms with E-state index in [1.165, 1.54) is 28.9 Å². The summed E-state index contributed by atoms with van der Waals surface area (Å²) in [6.45, 7) is 0. The van der Waals surface area contributed by atoms with Gasteiger partial charge in [0.1, 0.15) is 0 Å². The van der Waals surface area contributed by atoms with E-state index in [-0.39, 0.29) is 18.0 Å². The Kier molecular flexibility index (Phi) is 4.31. The van der Waals surface area contributed by atoms with Gasteiger partial charge in [0, 0.05) is 24.5 Å². The van der Waals surface area contributed by atoms with E-state index in [1.54, 1.807) is 17.8 Å². The number of pyridine rings is 1. The monoisotopic (exact) mass is 328 g/mol. The van der Waals surface area contributed by atoms with E-state index < -0.39 is 0 Å². The predicted molar refractivity (Wildman–Crippen MR) is 95.9 cm³/mol. The van der Waals surface area contributed by atoms with Gasteiger partial charge in [-0.2, -0.15) is 0 Å². The fourth-order valence-corrected chi connectivity index (χ4v) is 3.74. The summed E-state index contributed by atoms with van der Waals surface area (Å²) in [6.07, 6.45) is 6.64. The number of nitrogens with one attached hydrogen (secondary N) is 1. The summed E-state index contributed by atoms with van der Waals surface area (Å²) in [5.41, 5.74) is 3.33. The molecule has 1 unspecified atom stereocenters. The molecule has 2 heterocycles. The molecule has 0 radical (unpaired) electrons. The number of halogens is 1. The van der Waals surface area contributed by atoms with Gasteiger partial charge in [-0.3, -0.25) is 4.79 Å². The highest BCUT2D eigenvalue weighted by molar-refractivity contribution is 5.85. The van der Waals surface area contributed by atoms with Crippen LogP contribution in [0.25, 0.3) is 11.3 Å². The number of nitrogens with zero attached hydrogens (tertiary/aromatic N) is 1. The predicted octanol–water partition coefficient (Wildman–Crippen LogP) is 1.66. The van der Waals surface area contributed by atoms with Crippen LogP contribution < -0.4 is 21.3 Å². The SMILES string of the molecule is Cl.Cn1cccc(C2=c3ccccc3=C3CCCCC3N2)c1=O. The molecular weight excluding hydrogens is 308 g/mol. The van der Waals surface area contributed by atoms with Gasteiger partial charge in [-0.15, -0.1) is 12.4 Å². The Morgan fingerprint density at radius 2 is 1.87 bits per heavy atom. The number of benzene rings is 1. The Morgan fingerprint density at radius 3 is 2.70 bits per heavy atom. The molecule has 0 amide bonds.